The Hall–Kier alpha value is -5.89. The normalized spacial score (nSPS) is 15.5. The fourth-order valence-corrected chi connectivity index (χ4v) is 9.44. The molecule has 1 aliphatic heterocycles. The summed E-state index contributed by atoms with van der Waals surface area (Å²) in [7, 11) is 3.80. The molecule has 1 fully saturated rings. The molecule has 78 heavy (non-hydrogen) atoms. The number of pyridine rings is 1. The van der Waals surface area contributed by atoms with Gasteiger partial charge in [-0.05, 0) is 125 Å². The van der Waals surface area contributed by atoms with Crippen LogP contribution >= 0.6 is 11.6 Å². The van der Waals surface area contributed by atoms with Gasteiger partial charge in [0, 0.05) is 48.7 Å². The Morgan fingerprint density at radius 1 is 0.692 bits per heavy atom. The summed E-state index contributed by atoms with van der Waals surface area (Å²) in [5, 5.41) is 23.4. The number of carbonyl (C=O) groups is 9. The molecule has 0 radical (unpaired) electrons. The average Bonchev–Trinajstić information content (AvgIpc) is 3.83. The van der Waals surface area contributed by atoms with Crippen LogP contribution < -0.4 is 42.5 Å². The number of nitrogens with zero attached hydrogens (tertiary/aromatic N) is 3. The van der Waals surface area contributed by atoms with Gasteiger partial charge in [-0.15, -0.1) is 0 Å². The predicted molar refractivity (Wildman–Crippen MR) is 304 cm³/mol. The van der Waals surface area contributed by atoms with Crippen LogP contribution in [0.5, 0.6) is 0 Å². The van der Waals surface area contributed by atoms with Crippen LogP contribution in [0.1, 0.15) is 170 Å². The third kappa shape index (κ3) is 21.1. The Kier molecular flexibility index (Phi) is 25.9. The number of benzene rings is 1. The van der Waals surface area contributed by atoms with E-state index in [1.54, 1.807) is 24.3 Å². The third-order valence-corrected chi connectivity index (χ3v) is 13.8. The van der Waals surface area contributed by atoms with E-state index in [-0.39, 0.29) is 61.9 Å². The summed E-state index contributed by atoms with van der Waals surface area (Å²) in [6.45, 7) is 21.4. The predicted octanol–water partition coefficient (Wildman–Crippen LogP) is 5.05. The number of unbranched alkanes of at least 4 members (excludes halogenated alkanes) is 5. The molecule has 5 atom stereocenters. The maximum Gasteiger partial charge on any atom is 0.255 e. The van der Waals surface area contributed by atoms with Gasteiger partial charge in [-0.2, -0.15) is 0 Å². The number of hydrogen-bond donors (Lipinski definition) is 8. The Morgan fingerprint density at radius 3 is 1.87 bits per heavy atom. The zero-order chi connectivity index (χ0) is 58.7. The number of rotatable bonds is 31. The molecular formula is C57H92ClN11O9. The van der Waals surface area contributed by atoms with Gasteiger partial charge in [-0.25, -0.2) is 0 Å². The van der Waals surface area contributed by atoms with Gasteiger partial charge >= 0.3 is 0 Å². The summed E-state index contributed by atoms with van der Waals surface area (Å²) in [5.74, 6) is -5.11. The molecule has 0 bridgehead atoms. The Bertz CT molecular complexity index is 2410. The van der Waals surface area contributed by atoms with Crippen LogP contribution in [0, 0.1) is 11.8 Å². The number of likely N-dealkylation sites (tertiary alicyclic amines) is 1. The number of aromatic nitrogens is 1. The van der Waals surface area contributed by atoms with Crippen molar-refractivity contribution in [2.45, 2.75) is 207 Å². The number of halogens is 1. The van der Waals surface area contributed by atoms with Crippen molar-refractivity contribution in [1.82, 2.24) is 57.3 Å². The van der Waals surface area contributed by atoms with Gasteiger partial charge in [0.25, 0.3) is 5.91 Å². The lowest BCUT2D eigenvalue weighted by atomic mass is 9.96. The molecule has 1 aromatic heterocycles. The molecule has 1 aliphatic rings. The number of carbonyl (C=O) groups excluding carboxylic acids is 9. The van der Waals surface area contributed by atoms with E-state index >= 15 is 0 Å². The van der Waals surface area contributed by atoms with Crippen LogP contribution in [-0.2, 0) is 38.4 Å². The summed E-state index contributed by atoms with van der Waals surface area (Å²) in [4.78, 5) is 132. The Labute approximate surface area is 468 Å². The first-order valence-corrected chi connectivity index (χ1v) is 28.2. The molecule has 1 aromatic carbocycles. The lowest BCUT2D eigenvalue weighted by molar-refractivity contribution is -0.139. The minimum atomic E-state index is -1.63. The smallest absolute Gasteiger partial charge is 0.255 e. The number of likely N-dealkylation sites (N-methyl/N-ethyl adjacent to an activating group) is 1. The number of fused-ring (bicyclic) bond motifs is 1. The van der Waals surface area contributed by atoms with Crippen molar-refractivity contribution in [2.24, 2.45) is 11.8 Å². The first-order valence-electron chi connectivity index (χ1n) is 27.8. The van der Waals surface area contributed by atoms with Gasteiger partial charge in [0.05, 0.1) is 11.1 Å². The molecule has 0 saturated carbocycles. The third-order valence-electron chi connectivity index (χ3n) is 13.6. The van der Waals surface area contributed by atoms with Crippen molar-refractivity contribution in [1.29, 1.82) is 0 Å². The molecule has 436 valence electrons. The van der Waals surface area contributed by atoms with E-state index in [1.165, 1.54) is 52.6 Å². The van der Waals surface area contributed by atoms with Gasteiger partial charge in [0.15, 0.2) is 0 Å². The number of hydrogen-bond acceptors (Lipinski definition) is 11. The van der Waals surface area contributed by atoms with Crippen molar-refractivity contribution < 1.29 is 43.2 Å². The minimum absolute atomic E-state index is 0.0324. The molecule has 0 unspecified atom stereocenters. The highest BCUT2D eigenvalue weighted by molar-refractivity contribution is 6.31. The molecule has 1 saturated heterocycles. The molecule has 20 nitrogen and oxygen atoms in total. The van der Waals surface area contributed by atoms with Crippen molar-refractivity contribution in [3.05, 3.63) is 41.0 Å². The quantitative estimate of drug-likeness (QED) is 0.0463. The molecule has 0 spiro atoms. The molecule has 8 N–H and O–H groups in total. The second-order valence-corrected chi connectivity index (χ2v) is 24.1. The molecule has 0 aliphatic carbocycles. The molecule has 9 amide bonds. The number of amides is 9. The van der Waals surface area contributed by atoms with Crippen molar-refractivity contribution >= 4 is 75.7 Å². The molecule has 3 rings (SSSR count). The molecule has 21 heteroatoms. The largest absolute Gasteiger partial charge is 0.354 e. The van der Waals surface area contributed by atoms with Gasteiger partial charge in [0.1, 0.15) is 40.8 Å². The number of nitrogens with one attached hydrogen (secondary N) is 8. The van der Waals surface area contributed by atoms with Crippen LogP contribution in [-0.4, -0.2) is 149 Å². The summed E-state index contributed by atoms with van der Waals surface area (Å²) in [6, 6.07) is 2.43. The summed E-state index contributed by atoms with van der Waals surface area (Å²) in [5.41, 5.74) is -3.72. The molecule has 2 heterocycles. The zero-order valence-electron chi connectivity index (χ0n) is 48.9. The lowest BCUT2D eigenvalue weighted by Gasteiger charge is -2.34. The summed E-state index contributed by atoms with van der Waals surface area (Å²) >= 11 is 6.21. The second kappa shape index (κ2) is 30.5. The second-order valence-electron chi connectivity index (χ2n) is 23.7. The Morgan fingerprint density at radius 2 is 1.27 bits per heavy atom. The SMILES string of the molecule is CCCCCCCC[C@H](NC(=O)[C@@H]1CCCN1C(=O)c1ccnc2cc(Cl)ccc12)C(=O)N[C@@H](CC(C)C)C(=O)NC(C)(C)C(=O)N[C@@H](CC(C)C)C(=O)NC(C)(C)C(=O)NC(C)(C)C(=O)NCCC(=O)N[C@@H](C)CN(C)C. The van der Waals surface area contributed by atoms with Crippen LogP contribution in [0.4, 0.5) is 0 Å². The highest BCUT2D eigenvalue weighted by atomic mass is 35.5. The summed E-state index contributed by atoms with van der Waals surface area (Å²) < 4.78 is 0. The van der Waals surface area contributed by atoms with Crippen LogP contribution in [0.3, 0.4) is 0 Å². The molecular weight excluding hydrogens is 1020 g/mol. The van der Waals surface area contributed by atoms with Gasteiger partial charge < -0.3 is 52.3 Å². The molecule has 2 aromatic rings. The minimum Gasteiger partial charge on any atom is -0.354 e. The van der Waals surface area contributed by atoms with Gasteiger partial charge in [0.2, 0.25) is 47.3 Å². The van der Waals surface area contributed by atoms with E-state index in [0.29, 0.717) is 53.8 Å². The van der Waals surface area contributed by atoms with Crippen molar-refractivity contribution in [3.8, 4) is 0 Å². The van der Waals surface area contributed by atoms with E-state index in [9.17, 15) is 43.2 Å². The van der Waals surface area contributed by atoms with Crippen LogP contribution in [0.15, 0.2) is 30.5 Å². The lowest BCUT2D eigenvalue weighted by Crippen LogP contribution is -2.66. The first-order chi connectivity index (χ1) is 36.4. The van der Waals surface area contributed by atoms with E-state index in [0.717, 1.165) is 32.1 Å². The standard InChI is InChI=1S/C57H92ClN11O9/c1-15-16-17-18-19-20-22-41(62-50(74)45-23-21-30-69(45)51(75)40-26-28-59-42-33-38(58)24-25-39(40)42)47(71)63-43(31-35(2)3)48(72)65-56(9,10)53(77)64-44(32-36(4)5)49(73)66-57(11,12)54(78)67-55(7,8)52(76)60-29-27-46(70)61-37(6)34-68(13)14/h24-26,28,33,35-37,41,43-45H,15-23,27,29-32,34H2,1-14H3,(H,60,76)(H,61,70)(H,62,74)(H,63,71)(H,64,77)(H,65,72)(H,66,73)(H,67,78)/t37-,41-,43-,44-,45-/m0/s1. The fraction of sp³-hybridized carbons (Fsp3) is 0.684. The topological polar surface area (TPSA) is 269 Å². The monoisotopic (exact) mass is 1110 g/mol. The highest BCUT2D eigenvalue weighted by Crippen LogP contribution is 2.26. The van der Waals surface area contributed by atoms with Crippen LogP contribution in [0.2, 0.25) is 5.02 Å². The van der Waals surface area contributed by atoms with E-state index in [2.05, 4.69) is 54.4 Å². The first kappa shape index (κ1) is 66.4. The van der Waals surface area contributed by atoms with Gasteiger partial charge in [-0.1, -0.05) is 90.8 Å². The van der Waals surface area contributed by atoms with Crippen molar-refractivity contribution in [2.75, 3.05) is 33.7 Å². The average molecular weight is 1110 g/mol. The Balaban J connectivity index is 1.73. The maximum absolute atomic E-state index is 14.4. The highest BCUT2D eigenvalue weighted by Gasteiger charge is 2.41. The summed E-state index contributed by atoms with van der Waals surface area (Å²) in [6.07, 6.45) is 8.74. The van der Waals surface area contributed by atoms with Gasteiger partial charge in [-0.3, -0.25) is 48.1 Å². The van der Waals surface area contributed by atoms with Crippen LogP contribution in [0.25, 0.3) is 10.9 Å². The van der Waals surface area contributed by atoms with Crippen molar-refractivity contribution in [3.63, 3.8) is 0 Å². The van der Waals surface area contributed by atoms with E-state index in [1.807, 2.05) is 53.6 Å². The fourth-order valence-electron chi connectivity index (χ4n) is 9.28. The maximum atomic E-state index is 14.4. The van der Waals surface area contributed by atoms with E-state index in [4.69, 9.17) is 11.6 Å². The van der Waals surface area contributed by atoms with E-state index < -0.39 is 82.1 Å². The zero-order valence-corrected chi connectivity index (χ0v) is 49.7.